The minimum Gasteiger partial charge on any atom is -0.355 e. The standard InChI is InChI=1S/C7H12F2N4O2S2/c1-4-5(17(11,14)15)16-6(13-4)12-3-7(8,9)2-10/h2-3,10H2,1H3,(H,12,13)(H2,11,14,15). The van der Waals surface area contributed by atoms with Crippen LogP contribution < -0.4 is 16.2 Å². The molecule has 0 aliphatic heterocycles. The van der Waals surface area contributed by atoms with Crippen molar-refractivity contribution in [2.75, 3.05) is 18.4 Å². The van der Waals surface area contributed by atoms with Gasteiger partial charge in [-0.05, 0) is 6.92 Å². The number of rotatable bonds is 5. The van der Waals surface area contributed by atoms with Crippen LogP contribution in [0, 0.1) is 6.92 Å². The molecule has 10 heteroatoms. The third-order valence-corrected chi connectivity index (χ3v) is 4.48. The highest BCUT2D eigenvalue weighted by atomic mass is 32.2. The van der Waals surface area contributed by atoms with Crippen LogP contribution in [0.1, 0.15) is 5.69 Å². The molecule has 6 nitrogen and oxygen atoms in total. The Morgan fingerprint density at radius 3 is 2.53 bits per heavy atom. The number of nitrogens with one attached hydrogen (secondary N) is 1. The maximum atomic E-state index is 12.8. The number of thiazole rings is 1. The van der Waals surface area contributed by atoms with Gasteiger partial charge in [-0.15, -0.1) is 0 Å². The van der Waals surface area contributed by atoms with E-state index in [1.165, 1.54) is 6.92 Å². The lowest BCUT2D eigenvalue weighted by Crippen LogP contribution is -2.35. The number of hydrogen-bond acceptors (Lipinski definition) is 6. The number of primary sulfonamides is 1. The lowest BCUT2D eigenvalue weighted by molar-refractivity contribution is 0.0254. The molecule has 1 aromatic heterocycles. The first-order valence-corrected chi connectivity index (χ1v) is 6.84. The summed E-state index contributed by atoms with van der Waals surface area (Å²) in [6.07, 6.45) is 0. The molecule has 0 spiro atoms. The quantitative estimate of drug-likeness (QED) is 0.711. The largest absolute Gasteiger partial charge is 0.355 e. The first kappa shape index (κ1) is 14.2. The highest BCUT2D eigenvalue weighted by molar-refractivity contribution is 7.91. The van der Waals surface area contributed by atoms with Crippen molar-refractivity contribution in [1.29, 1.82) is 0 Å². The van der Waals surface area contributed by atoms with Crippen LogP contribution in [0.15, 0.2) is 4.21 Å². The molecule has 0 aromatic carbocycles. The van der Waals surface area contributed by atoms with Crippen LogP contribution in [0.4, 0.5) is 13.9 Å². The lowest BCUT2D eigenvalue weighted by Gasteiger charge is -2.13. The van der Waals surface area contributed by atoms with Crippen molar-refractivity contribution in [3.05, 3.63) is 5.69 Å². The molecule has 0 fully saturated rings. The van der Waals surface area contributed by atoms with Gasteiger partial charge in [-0.1, -0.05) is 11.3 Å². The van der Waals surface area contributed by atoms with Gasteiger partial charge in [0.25, 0.3) is 5.92 Å². The molecule has 1 rings (SSSR count). The summed E-state index contributed by atoms with van der Waals surface area (Å²) < 4.78 is 47.7. The van der Waals surface area contributed by atoms with Crippen LogP contribution in [0.2, 0.25) is 0 Å². The molecule has 0 aliphatic carbocycles. The minimum absolute atomic E-state index is 0.0691. The van der Waals surface area contributed by atoms with Crippen molar-refractivity contribution in [2.24, 2.45) is 10.9 Å². The molecule has 0 amide bonds. The maximum Gasteiger partial charge on any atom is 0.276 e. The van der Waals surface area contributed by atoms with Crippen molar-refractivity contribution in [2.45, 2.75) is 17.1 Å². The van der Waals surface area contributed by atoms with Crippen LogP contribution in [0.3, 0.4) is 0 Å². The van der Waals surface area contributed by atoms with Gasteiger partial charge in [0, 0.05) is 0 Å². The fraction of sp³-hybridized carbons (Fsp3) is 0.571. The summed E-state index contributed by atoms with van der Waals surface area (Å²) in [7, 11) is -3.87. The smallest absolute Gasteiger partial charge is 0.276 e. The van der Waals surface area contributed by atoms with Gasteiger partial charge in [0.05, 0.1) is 18.8 Å². The molecule has 1 aromatic rings. The van der Waals surface area contributed by atoms with Crippen LogP contribution >= 0.6 is 11.3 Å². The molecule has 0 aliphatic rings. The topological polar surface area (TPSA) is 111 Å². The maximum absolute atomic E-state index is 12.8. The molecule has 5 N–H and O–H groups in total. The van der Waals surface area contributed by atoms with E-state index in [1.807, 2.05) is 0 Å². The predicted octanol–water partition coefficient (Wildman–Crippen LogP) is 0.105. The van der Waals surface area contributed by atoms with Crippen molar-refractivity contribution in [1.82, 2.24) is 4.98 Å². The molecule has 0 radical (unpaired) electrons. The molecule has 0 unspecified atom stereocenters. The molecule has 0 saturated heterocycles. The Morgan fingerprint density at radius 1 is 1.53 bits per heavy atom. The summed E-state index contributed by atoms with van der Waals surface area (Å²) in [5.74, 6) is -3.07. The molecule has 0 bridgehead atoms. The van der Waals surface area contributed by atoms with Crippen LogP contribution in [-0.4, -0.2) is 32.4 Å². The fourth-order valence-electron chi connectivity index (χ4n) is 0.999. The average Bonchev–Trinajstić information content (AvgIpc) is 2.57. The summed E-state index contributed by atoms with van der Waals surface area (Å²) in [6, 6.07) is 0. The summed E-state index contributed by atoms with van der Waals surface area (Å²) in [5.41, 5.74) is 5.03. The van der Waals surface area contributed by atoms with Crippen molar-refractivity contribution in [3.8, 4) is 0 Å². The molecule has 98 valence electrons. The average molecular weight is 286 g/mol. The van der Waals surface area contributed by atoms with Gasteiger partial charge in [-0.2, -0.15) is 0 Å². The minimum atomic E-state index is -3.87. The van der Waals surface area contributed by atoms with Gasteiger partial charge in [0.1, 0.15) is 0 Å². The molecule has 1 heterocycles. The summed E-state index contributed by atoms with van der Waals surface area (Å²) >= 11 is 0.708. The second-order valence-electron chi connectivity index (χ2n) is 3.35. The Morgan fingerprint density at radius 2 is 2.12 bits per heavy atom. The van der Waals surface area contributed by atoms with Crippen molar-refractivity contribution < 1.29 is 17.2 Å². The Labute approximate surface area is 101 Å². The molecular formula is C7H12F2N4O2S2. The number of hydrogen-bond donors (Lipinski definition) is 3. The van der Waals surface area contributed by atoms with E-state index in [-0.39, 0.29) is 15.0 Å². The van der Waals surface area contributed by atoms with Gasteiger partial charge in [0.15, 0.2) is 9.34 Å². The normalized spacial score (nSPS) is 12.8. The first-order valence-electron chi connectivity index (χ1n) is 4.48. The highest BCUT2D eigenvalue weighted by Crippen LogP contribution is 2.26. The second kappa shape index (κ2) is 4.80. The zero-order chi connectivity index (χ0) is 13.3. The molecule has 17 heavy (non-hydrogen) atoms. The SMILES string of the molecule is Cc1nc(NCC(F)(F)CN)sc1S(N)(=O)=O. The number of sulfonamides is 1. The number of nitrogens with zero attached hydrogens (tertiary/aromatic N) is 1. The van der Waals surface area contributed by atoms with Crippen LogP contribution in [0.25, 0.3) is 0 Å². The van der Waals surface area contributed by atoms with Gasteiger partial charge in [-0.3, -0.25) is 0 Å². The highest BCUT2D eigenvalue weighted by Gasteiger charge is 2.27. The number of nitrogens with two attached hydrogens (primary N) is 2. The molecule has 0 saturated carbocycles. The summed E-state index contributed by atoms with van der Waals surface area (Å²) in [6.45, 7) is -0.0740. The predicted molar refractivity (Wildman–Crippen MR) is 60.7 cm³/mol. The lowest BCUT2D eigenvalue weighted by atomic mass is 10.3. The Bertz CT molecular complexity index is 500. The van der Waals surface area contributed by atoms with Crippen molar-refractivity contribution in [3.63, 3.8) is 0 Å². The Hall–Kier alpha value is -0.840. The zero-order valence-corrected chi connectivity index (χ0v) is 10.5. The van der Waals surface area contributed by atoms with Crippen LogP contribution in [-0.2, 0) is 10.0 Å². The van der Waals surface area contributed by atoms with E-state index in [1.54, 1.807) is 0 Å². The van der Waals surface area contributed by atoms with E-state index < -0.39 is 29.0 Å². The number of halogens is 2. The third-order valence-electron chi connectivity index (χ3n) is 1.81. The Balaban J connectivity index is 2.82. The number of aromatic nitrogens is 1. The molecular weight excluding hydrogens is 274 g/mol. The van der Waals surface area contributed by atoms with Gasteiger partial charge >= 0.3 is 0 Å². The van der Waals surface area contributed by atoms with Crippen molar-refractivity contribution >= 4 is 26.5 Å². The van der Waals surface area contributed by atoms with Crippen LogP contribution in [0.5, 0.6) is 0 Å². The summed E-state index contributed by atoms with van der Waals surface area (Å²) in [4.78, 5) is 3.79. The number of aryl methyl sites for hydroxylation is 1. The number of alkyl halides is 2. The van der Waals surface area contributed by atoms with Gasteiger partial charge < -0.3 is 11.1 Å². The summed E-state index contributed by atoms with van der Waals surface area (Å²) in [5, 5.41) is 7.32. The zero-order valence-electron chi connectivity index (χ0n) is 8.91. The van der Waals surface area contributed by atoms with Gasteiger partial charge in [-0.25, -0.2) is 27.3 Å². The third kappa shape index (κ3) is 3.84. The monoisotopic (exact) mass is 286 g/mol. The second-order valence-corrected chi connectivity index (χ2v) is 6.11. The van der Waals surface area contributed by atoms with E-state index in [0.29, 0.717) is 11.3 Å². The van der Waals surface area contributed by atoms with E-state index in [9.17, 15) is 17.2 Å². The number of anilines is 1. The van der Waals surface area contributed by atoms with Gasteiger partial charge in [0.2, 0.25) is 10.0 Å². The Kier molecular flexibility index (Phi) is 4.02. The van der Waals surface area contributed by atoms with E-state index in [2.05, 4.69) is 10.3 Å². The first-order chi connectivity index (χ1) is 7.65. The molecule has 0 atom stereocenters. The van der Waals surface area contributed by atoms with E-state index in [0.717, 1.165) is 0 Å². The van der Waals surface area contributed by atoms with E-state index in [4.69, 9.17) is 10.9 Å². The van der Waals surface area contributed by atoms with E-state index >= 15 is 0 Å². The fourth-order valence-corrected chi connectivity index (χ4v) is 2.85.